The molecule has 0 unspecified atom stereocenters. The van der Waals surface area contributed by atoms with E-state index in [-0.39, 0.29) is 46.8 Å². The van der Waals surface area contributed by atoms with Crippen LogP contribution in [0.15, 0.2) is 0 Å². The van der Waals surface area contributed by atoms with Crippen molar-refractivity contribution in [2.45, 2.75) is 64.9 Å². The molecule has 3 N–H and O–H groups in total. The fraction of sp³-hybridized carbons (Fsp3) is 0.808. The Morgan fingerprint density at radius 2 is 2.03 bits per heavy atom. The lowest BCUT2D eigenvalue weighted by Gasteiger charge is -2.53. The normalized spacial score (nSPS) is 33.9. The molecule has 5 rings (SSSR count). The minimum atomic E-state index is -0.553. The van der Waals surface area contributed by atoms with Crippen LogP contribution < -0.4 is 10.6 Å². The first kappa shape index (κ1) is 25.1. The van der Waals surface area contributed by atoms with Crippen molar-refractivity contribution in [3.05, 3.63) is 10.6 Å². The third-order valence-corrected chi connectivity index (χ3v) is 9.97. The predicted octanol–water partition coefficient (Wildman–Crippen LogP) is 2.63. The first-order chi connectivity index (χ1) is 16.8. The number of aromatic nitrogens is 1. The summed E-state index contributed by atoms with van der Waals surface area (Å²) >= 11 is 1.60. The van der Waals surface area contributed by atoms with E-state index in [1.807, 2.05) is 6.92 Å². The molecule has 6 atom stereocenters. The lowest BCUT2D eigenvalue weighted by Crippen LogP contribution is -2.53. The summed E-state index contributed by atoms with van der Waals surface area (Å²) in [5.41, 5.74) is 0.991. The highest BCUT2D eigenvalue weighted by atomic mass is 32.1. The zero-order valence-electron chi connectivity index (χ0n) is 21.2. The number of amides is 2. The lowest BCUT2D eigenvalue weighted by molar-refractivity contribution is -0.134. The summed E-state index contributed by atoms with van der Waals surface area (Å²) in [5, 5.41) is 18.4. The Kier molecular flexibility index (Phi) is 7.23. The SMILES string of the molecule is C[C@H](C(=O)NCCN1CCOCC1)[C@@H]1CC[C@@]2(C)Cc3sc(NC(=O)C4CC4)nc3[C@@H](C)[C@@H]2[C@H]1O. The lowest BCUT2D eigenvalue weighted by atomic mass is 9.53. The van der Waals surface area contributed by atoms with E-state index in [1.165, 1.54) is 4.88 Å². The molecule has 0 bridgehead atoms. The number of nitrogens with one attached hydrogen (secondary N) is 2. The summed E-state index contributed by atoms with van der Waals surface area (Å²) in [7, 11) is 0. The average molecular weight is 505 g/mol. The van der Waals surface area contributed by atoms with Gasteiger partial charge in [0.15, 0.2) is 5.13 Å². The molecule has 35 heavy (non-hydrogen) atoms. The molecule has 1 saturated heterocycles. The maximum absolute atomic E-state index is 13.0. The summed E-state index contributed by atoms with van der Waals surface area (Å²) < 4.78 is 5.39. The molecule has 0 spiro atoms. The van der Waals surface area contributed by atoms with Gasteiger partial charge in [0.25, 0.3) is 0 Å². The molecule has 1 aromatic heterocycles. The number of carbonyl (C=O) groups excluding carboxylic acids is 2. The fourth-order valence-electron chi connectivity index (χ4n) is 6.67. The number of hydrogen-bond acceptors (Lipinski definition) is 7. The van der Waals surface area contributed by atoms with E-state index >= 15 is 0 Å². The Hall–Kier alpha value is -1.55. The molecule has 9 heteroatoms. The molecule has 0 aromatic carbocycles. The van der Waals surface area contributed by atoms with Crippen LogP contribution in [0.5, 0.6) is 0 Å². The molecule has 3 fully saturated rings. The van der Waals surface area contributed by atoms with Crippen molar-refractivity contribution in [3.63, 3.8) is 0 Å². The quantitative estimate of drug-likeness (QED) is 0.528. The molecule has 0 radical (unpaired) electrons. The number of rotatable bonds is 7. The Bertz CT molecular complexity index is 944. The van der Waals surface area contributed by atoms with Crippen LogP contribution in [0.3, 0.4) is 0 Å². The van der Waals surface area contributed by atoms with Crippen LogP contribution >= 0.6 is 11.3 Å². The molecule has 4 aliphatic rings. The number of fused-ring (bicyclic) bond motifs is 2. The molecular formula is C26H40N4O4S. The van der Waals surface area contributed by atoms with Gasteiger partial charge in [-0.1, -0.05) is 20.8 Å². The molecule has 1 aliphatic heterocycles. The van der Waals surface area contributed by atoms with Gasteiger partial charge in [0.05, 0.1) is 25.0 Å². The van der Waals surface area contributed by atoms with E-state index < -0.39 is 6.10 Å². The molecule has 194 valence electrons. The third-order valence-electron chi connectivity index (χ3n) is 8.99. The van der Waals surface area contributed by atoms with Gasteiger partial charge in [-0.2, -0.15) is 0 Å². The Balaban J connectivity index is 1.22. The summed E-state index contributed by atoms with van der Waals surface area (Å²) in [4.78, 5) is 33.6. The van der Waals surface area contributed by atoms with Gasteiger partial charge in [-0.15, -0.1) is 11.3 Å². The maximum Gasteiger partial charge on any atom is 0.229 e. The highest BCUT2D eigenvalue weighted by Crippen LogP contribution is 2.57. The summed E-state index contributed by atoms with van der Waals surface area (Å²) in [5.74, 6) is 0.101. The van der Waals surface area contributed by atoms with Gasteiger partial charge in [0, 0.05) is 48.8 Å². The number of nitrogens with zero attached hydrogens (tertiary/aromatic N) is 2. The zero-order valence-corrected chi connectivity index (χ0v) is 22.0. The fourth-order valence-corrected chi connectivity index (χ4v) is 7.94. The molecular weight excluding hydrogens is 464 g/mol. The van der Waals surface area contributed by atoms with Gasteiger partial charge in [0.2, 0.25) is 11.8 Å². The minimum absolute atomic E-state index is 0.0286. The van der Waals surface area contributed by atoms with Crippen LogP contribution in [0.1, 0.15) is 62.9 Å². The smallest absolute Gasteiger partial charge is 0.229 e. The van der Waals surface area contributed by atoms with Gasteiger partial charge >= 0.3 is 0 Å². The molecule has 8 nitrogen and oxygen atoms in total. The average Bonchev–Trinajstić information content (AvgIpc) is 3.61. The number of anilines is 1. The second-order valence-electron chi connectivity index (χ2n) is 11.5. The standard InChI is InChI=1S/C26H40N4O4S/c1-15(23(32)27-8-9-30-10-12-34-13-11-30)18-6-7-26(3)14-19-21(16(2)20(26)22(18)31)28-25(35-19)29-24(33)17-4-5-17/h15-18,20,22,31H,4-14H2,1-3H3,(H,27,32)(H,28,29,33)/t15-,16-,18-,20+,22-,26-/m0/s1. The monoisotopic (exact) mass is 504 g/mol. The Labute approximate surface area is 212 Å². The van der Waals surface area contributed by atoms with Gasteiger partial charge < -0.3 is 20.5 Å². The first-order valence-electron chi connectivity index (χ1n) is 13.3. The number of aliphatic hydroxyl groups excluding tert-OH is 1. The Morgan fingerprint density at radius 1 is 1.29 bits per heavy atom. The van der Waals surface area contributed by atoms with Crippen molar-refractivity contribution in [2.24, 2.45) is 29.1 Å². The predicted molar refractivity (Wildman–Crippen MR) is 135 cm³/mol. The van der Waals surface area contributed by atoms with E-state index in [0.29, 0.717) is 11.7 Å². The van der Waals surface area contributed by atoms with E-state index in [2.05, 4.69) is 29.4 Å². The second kappa shape index (κ2) is 10.1. The van der Waals surface area contributed by atoms with Crippen LogP contribution in [0.2, 0.25) is 0 Å². The van der Waals surface area contributed by atoms with E-state index in [1.54, 1.807) is 11.3 Å². The van der Waals surface area contributed by atoms with Crippen LogP contribution in [-0.2, 0) is 20.7 Å². The van der Waals surface area contributed by atoms with Gasteiger partial charge in [-0.3, -0.25) is 14.5 Å². The number of ether oxygens (including phenoxy) is 1. The highest BCUT2D eigenvalue weighted by molar-refractivity contribution is 7.15. The molecule has 3 aliphatic carbocycles. The summed E-state index contributed by atoms with van der Waals surface area (Å²) in [6.45, 7) is 11.2. The second-order valence-corrected chi connectivity index (χ2v) is 12.5. The van der Waals surface area contributed by atoms with E-state index in [4.69, 9.17) is 9.72 Å². The minimum Gasteiger partial charge on any atom is -0.392 e. The largest absolute Gasteiger partial charge is 0.392 e. The van der Waals surface area contributed by atoms with Gasteiger partial charge in [-0.05, 0) is 49.4 Å². The number of morpholine rings is 1. The van der Waals surface area contributed by atoms with E-state index in [9.17, 15) is 14.7 Å². The molecule has 2 heterocycles. The first-order valence-corrected chi connectivity index (χ1v) is 14.1. The van der Waals surface area contributed by atoms with Crippen molar-refractivity contribution in [1.82, 2.24) is 15.2 Å². The Morgan fingerprint density at radius 3 is 2.74 bits per heavy atom. The van der Waals surface area contributed by atoms with Crippen molar-refractivity contribution >= 4 is 28.3 Å². The summed E-state index contributed by atoms with van der Waals surface area (Å²) in [6.07, 6.45) is 4.09. The zero-order chi connectivity index (χ0) is 24.7. The molecule has 2 saturated carbocycles. The number of carbonyl (C=O) groups is 2. The van der Waals surface area contributed by atoms with Crippen molar-refractivity contribution in [3.8, 4) is 0 Å². The van der Waals surface area contributed by atoms with Gasteiger partial charge in [0.1, 0.15) is 0 Å². The van der Waals surface area contributed by atoms with Crippen LogP contribution in [0.25, 0.3) is 0 Å². The molecule has 1 aromatic rings. The number of aliphatic hydroxyl groups is 1. The van der Waals surface area contributed by atoms with Crippen LogP contribution in [-0.4, -0.2) is 72.3 Å². The highest BCUT2D eigenvalue weighted by Gasteiger charge is 2.54. The van der Waals surface area contributed by atoms with Crippen molar-refractivity contribution in [1.29, 1.82) is 0 Å². The maximum atomic E-state index is 13.0. The third kappa shape index (κ3) is 5.15. The number of hydrogen-bond donors (Lipinski definition) is 3. The molecule has 2 amide bonds. The van der Waals surface area contributed by atoms with Crippen LogP contribution in [0.4, 0.5) is 5.13 Å². The van der Waals surface area contributed by atoms with Crippen molar-refractivity contribution < 1.29 is 19.4 Å². The van der Waals surface area contributed by atoms with Crippen molar-refractivity contribution in [2.75, 3.05) is 44.7 Å². The van der Waals surface area contributed by atoms with Gasteiger partial charge in [-0.25, -0.2) is 4.98 Å². The summed E-state index contributed by atoms with van der Waals surface area (Å²) in [6, 6.07) is 0. The number of thiazole rings is 1. The topological polar surface area (TPSA) is 104 Å². The van der Waals surface area contributed by atoms with E-state index in [0.717, 1.165) is 70.6 Å². The van der Waals surface area contributed by atoms with Crippen LogP contribution in [0, 0.1) is 29.1 Å².